The zero-order valence-corrected chi connectivity index (χ0v) is 8.23. The van der Waals surface area contributed by atoms with Crippen molar-refractivity contribution < 1.29 is 0 Å². The van der Waals surface area contributed by atoms with Gasteiger partial charge in [-0.15, -0.1) is 0 Å². The Morgan fingerprint density at radius 3 is 2.62 bits per heavy atom. The largest absolute Gasteiger partial charge is 0.353 e. The van der Waals surface area contributed by atoms with Crippen LogP contribution in [0.15, 0.2) is 40.5 Å². The van der Waals surface area contributed by atoms with Gasteiger partial charge in [0.1, 0.15) is 4.49 Å². The Hall–Kier alpha value is -0.920. The number of nitrogens with one attached hydrogen (secondary N) is 1. The van der Waals surface area contributed by atoms with Gasteiger partial charge in [0, 0.05) is 5.69 Å². The average molecular weight is 212 g/mol. The van der Waals surface area contributed by atoms with Gasteiger partial charge in [0.25, 0.3) is 0 Å². The summed E-state index contributed by atoms with van der Waals surface area (Å²) in [4.78, 5) is 0. The van der Waals surface area contributed by atoms with Gasteiger partial charge in [0.2, 0.25) is 0 Å². The van der Waals surface area contributed by atoms with Crippen LogP contribution in [0, 0.1) is 0 Å². The highest BCUT2D eigenvalue weighted by atomic mass is 35.5. The van der Waals surface area contributed by atoms with Gasteiger partial charge in [-0.05, 0) is 17.7 Å². The Kier molecular flexibility index (Phi) is 2.30. The lowest BCUT2D eigenvalue weighted by molar-refractivity contribution is 1.44. The van der Waals surface area contributed by atoms with Crippen LogP contribution in [0.2, 0.25) is 0 Å². The summed E-state index contributed by atoms with van der Waals surface area (Å²) in [6, 6.07) is 7.96. The van der Waals surface area contributed by atoms with E-state index in [-0.39, 0.29) is 4.49 Å². The SMILES string of the molecule is ClC(Cl)=C1C=Cc2ccccc2N1. The zero-order chi connectivity index (χ0) is 9.26. The third kappa shape index (κ3) is 1.71. The molecular formula is C10H7Cl2N. The highest BCUT2D eigenvalue weighted by Crippen LogP contribution is 2.27. The van der Waals surface area contributed by atoms with Crippen LogP contribution in [0.25, 0.3) is 6.08 Å². The molecule has 0 fully saturated rings. The van der Waals surface area contributed by atoms with Crippen LogP contribution in [0.1, 0.15) is 5.56 Å². The number of hydrogen-bond acceptors (Lipinski definition) is 1. The molecule has 3 heteroatoms. The van der Waals surface area contributed by atoms with Gasteiger partial charge in [-0.25, -0.2) is 0 Å². The molecule has 0 amide bonds. The van der Waals surface area contributed by atoms with E-state index in [0.29, 0.717) is 0 Å². The summed E-state index contributed by atoms with van der Waals surface area (Å²) >= 11 is 11.3. The number of anilines is 1. The van der Waals surface area contributed by atoms with Crippen LogP contribution in [0.4, 0.5) is 5.69 Å². The monoisotopic (exact) mass is 211 g/mol. The van der Waals surface area contributed by atoms with Gasteiger partial charge in [0.05, 0.1) is 5.70 Å². The molecule has 1 aromatic rings. The maximum absolute atomic E-state index is 5.65. The highest BCUT2D eigenvalue weighted by Gasteiger charge is 2.07. The van der Waals surface area contributed by atoms with Crippen LogP contribution in [0.3, 0.4) is 0 Å². The number of allylic oxidation sites excluding steroid dienone is 1. The van der Waals surface area contributed by atoms with Gasteiger partial charge >= 0.3 is 0 Å². The fourth-order valence-corrected chi connectivity index (χ4v) is 1.45. The Labute approximate surface area is 86.7 Å². The molecule has 0 radical (unpaired) electrons. The highest BCUT2D eigenvalue weighted by molar-refractivity contribution is 6.56. The first kappa shape index (κ1) is 8.67. The molecule has 66 valence electrons. The second-order valence-corrected chi connectivity index (χ2v) is 3.67. The van der Waals surface area contributed by atoms with Crippen LogP contribution in [0.5, 0.6) is 0 Å². The number of benzene rings is 1. The standard InChI is InChI=1S/C10H7Cl2N/c11-10(12)9-6-5-7-3-1-2-4-8(7)13-9/h1-6,13H. The van der Waals surface area contributed by atoms with E-state index < -0.39 is 0 Å². The summed E-state index contributed by atoms with van der Waals surface area (Å²) in [7, 11) is 0. The predicted molar refractivity (Wildman–Crippen MR) is 57.8 cm³/mol. The van der Waals surface area contributed by atoms with Crippen molar-refractivity contribution in [3.8, 4) is 0 Å². The minimum absolute atomic E-state index is 0.255. The summed E-state index contributed by atoms with van der Waals surface area (Å²) in [5, 5.41) is 3.13. The number of fused-ring (bicyclic) bond motifs is 1. The van der Waals surface area contributed by atoms with E-state index >= 15 is 0 Å². The molecule has 1 N–H and O–H groups in total. The Morgan fingerprint density at radius 1 is 1.08 bits per heavy atom. The van der Waals surface area contributed by atoms with Gasteiger partial charge in [-0.3, -0.25) is 0 Å². The van der Waals surface area contributed by atoms with Crippen molar-refractivity contribution in [2.45, 2.75) is 0 Å². The average Bonchev–Trinajstić information content (AvgIpc) is 2.17. The lowest BCUT2D eigenvalue weighted by atomic mass is 10.1. The first-order valence-electron chi connectivity index (χ1n) is 3.87. The summed E-state index contributed by atoms with van der Waals surface area (Å²) in [6.45, 7) is 0. The summed E-state index contributed by atoms with van der Waals surface area (Å²) in [5.74, 6) is 0. The minimum atomic E-state index is 0.255. The molecule has 13 heavy (non-hydrogen) atoms. The second-order valence-electron chi connectivity index (χ2n) is 2.72. The molecule has 1 aliphatic rings. The molecule has 0 aliphatic carbocycles. The van der Waals surface area contributed by atoms with Crippen molar-refractivity contribution in [3.63, 3.8) is 0 Å². The molecule has 0 spiro atoms. The van der Waals surface area contributed by atoms with E-state index in [9.17, 15) is 0 Å². The molecule has 2 rings (SSSR count). The molecular weight excluding hydrogens is 205 g/mol. The molecule has 0 aromatic heterocycles. The molecule has 0 unspecified atom stereocenters. The molecule has 1 heterocycles. The molecule has 0 atom stereocenters. The molecule has 0 saturated heterocycles. The van der Waals surface area contributed by atoms with Crippen LogP contribution in [-0.2, 0) is 0 Å². The van der Waals surface area contributed by atoms with Crippen molar-refractivity contribution in [2.75, 3.05) is 5.32 Å². The molecule has 1 aromatic carbocycles. The van der Waals surface area contributed by atoms with Crippen molar-refractivity contribution in [2.24, 2.45) is 0 Å². The van der Waals surface area contributed by atoms with Gasteiger partial charge in [-0.1, -0.05) is 47.5 Å². The zero-order valence-electron chi connectivity index (χ0n) is 6.72. The topological polar surface area (TPSA) is 12.0 Å². The van der Waals surface area contributed by atoms with Gasteiger partial charge in [-0.2, -0.15) is 0 Å². The molecule has 1 aliphatic heterocycles. The van der Waals surface area contributed by atoms with Crippen LogP contribution < -0.4 is 5.32 Å². The predicted octanol–water partition coefficient (Wildman–Crippen LogP) is 3.77. The van der Waals surface area contributed by atoms with Crippen LogP contribution in [-0.4, -0.2) is 0 Å². The van der Waals surface area contributed by atoms with Crippen molar-refractivity contribution in [3.05, 3.63) is 46.1 Å². The van der Waals surface area contributed by atoms with Crippen LogP contribution >= 0.6 is 23.2 Å². The van der Waals surface area contributed by atoms with Crippen molar-refractivity contribution >= 4 is 35.0 Å². The fraction of sp³-hybridized carbons (Fsp3) is 0. The molecule has 0 saturated carbocycles. The number of hydrogen-bond donors (Lipinski definition) is 1. The first-order chi connectivity index (χ1) is 6.27. The number of para-hydroxylation sites is 1. The van der Waals surface area contributed by atoms with Crippen molar-refractivity contribution in [1.82, 2.24) is 0 Å². The second kappa shape index (κ2) is 3.44. The minimum Gasteiger partial charge on any atom is -0.353 e. The maximum atomic E-state index is 5.65. The number of rotatable bonds is 0. The molecule has 0 bridgehead atoms. The van der Waals surface area contributed by atoms with E-state index in [1.807, 2.05) is 36.4 Å². The fourth-order valence-electron chi connectivity index (χ4n) is 1.23. The van der Waals surface area contributed by atoms with E-state index in [4.69, 9.17) is 23.2 Å². The lowest BCUT2D eigenvalue weighted by Gasteiger charge is -2.15. The van der Waals surface area contributed by atoms with E-state index in [1.165, 1.54) is 0 Å². The van der Waals surface area contributed by atoms with Crippen molar-refractivity contribution in [1.29, 1.82) is 0 Å². The summed E-state index contributed by atoms with van der Waals surface area (Å²) < 4.78 is 0.255. The van der Waals surface area contributed by atoms with Gasteiger partial charge in [0.15, 0.2) is 0 Å². The normalized spacial score (nSPS) is 13.5. The Balaban J connectivity index is 2.46. The third-order valence-electron chi connectivity index (χ3n) is 1.86. The Bertz CT molecular complexity index is 390. The number of halogens is 2. The quantitative estimate of drug-likeness (QED) is 0.690. The molecule has 1 nitrogen and oxygen atoms in total. The summed E-state index contributed by atoms with van der Waals surface area (Å²) in [6.07, 6.45) is 3.84. The Morgan fingerprint density at radius 2 is 1.85 bits per heavy atom. The van der Waals surface area contributed by atoms with E-state index in [0.717, 1.165) is 16.9 Å². The lowest BCUT2D eigenvalue weighted by Crippen LogP contribution is -2.02. The van der Waals surface area contributed by atoms with Gasteiger partial charge < -0.3 is 5.32 Å². The first-order valence-corrected chi connectivity index (χ1v) is 4.62. The maximum Gasteiger partial charge on any atom is 0.130 e. The third-order valence-corrected chi connectivity index (χ3v) is 2.27. The smallest absolute Gasteiger partial charge is 0.130 e. The summed E-state index contributed by atoms with van der Waals surface area (Å²) in [5.41, 5.74) is 2.90. The van der Waals surface area contributed by atoms with E-state index in [2.05, 4.69) is 5.32 Å². The van der Waals surface area contributed by atoms with E-state index in [1.54, 1.807) is 0 Å².